The van der Waals surface area contributed by atoms with Gasteiger partial charge in [-0.2, -0.15) is 4.31 Å². The van der Waals surface area contributed by atoms with Gasteiger partial charge in [0.25, 0.3) is 5.91 Å². The van der Waals surface area contributed by atoms with Gasteiger partial charge in [0.1, 0.15) is 0 Å². The van der Waals surface area contributed by atoms with Gasteiger partial charge in [-0.3, -0.25) is 4.79 Å². The third-order valence-electron chi connectivity index (χ3n) is 5.82. The van der Waals surface area contributed by atoms with E-state index in [2.05, 4.69) is 0 Å². The molecule has 2 aromatic carbocycles. The molecule has 0 bridgehead atoms. The molecule has 0 unspecified atom stereocenters. The number of piperidine rings is 1. The van der Waals surface area contributed by atoms with E-state index in [4.69, 9.17) is 21.1 Å². The summed E-state index contributed by atoms with van der Waals surface area (Å²) >= 11 is 6.26. The van der Waals surface area contributed by atoms with Gasteiger partial charge in [-0.05, 0) is 55.2 Å². The molecule has 1 amide bonds. The Morgan fingerprint density at radius 2 is 1.74 bits per heavy atom. The van der Waals surface area contributed by atoms with Crippen molar-refractivity contribution in [2.75, 3.05) is 38.8 Å². The number of halogens is 1. The van der Waals surface area contributed by atoms with Crippen molar-refractivity contribution in [3.63, 3.8) is 0 Å². The van der Waals surface area contributed by atoms with E-state index in [1.165, 1.54) is 14.2 Å². The van der Waals surface area contributed by atoms with Crippen molar-refractivity contribution in [3.05, 3.63) is 46.5 Å². The third-order valence-corrected chi connectivity index (χ3v) is 8.00. The zero-order valence-electron chi connectivity index (χ0n) is 17.6. The Bertz CT molecular complexity index is 1110. The van der Waals surface area contributed by atoms with Crippen LogP contribution in [0.5, 0.6) is 11.5 Å². The summed E-state index contributed by atoms with van der Waals surface area (Å²) in [5.74, 6) is 0.518. The van der Waals surface area contributed by atoms with Crippen LogP contribution in [0.4, 0.5) is 5.69 Å². The summed E-state index contributed by atoms with van der Waals surface area (Å²) < 4.78 is 38.1. The van der Waals surface area contributed by atoms with Crippen molar-refractivity contribution in [2.45, 2.75) is 30.6 Å². The molecule has 0 spiro atoms. The zero-order chi connectivity index (χ0) is 22.2. The highest BCUT2D eigenvalue weighted by Crippen LogP contribution is 2.38. The first kappa shape index (κ1) is 21.9. The SMILES string of the molecule is COc1cc(C(=O)N2CCc3cc(S(=O)(=O)N4CCCCC4)ccc32)cc(Cl)c1OC. The summed E-state index contributed by atoms with van der Waals surface area (Å²) in [6, 6.07) is 8.17. The van der Waals surface area contributed by atoms with Crippen molar-refractivity contribution in [2.24, 2.45) is 0 Å². The lowest BCUT2D eigenvalue weighted by Gasteiger charge is -2.26. The van der Waals surface area contributed by atoms with Gasteiger partial charge in [-0.1, -0.05) is 18.0 Å². The minimum absolute atomic E-state index is 0.228. The van der Waals surface area contributed by atoms with Crippen LogP contribution in [0.15, 0.2) is 35.2 Å². The van der Waals surface area contributed by atoms with Crippen molar-refractivity contribution in [3.8, 4) is 11.5 Å². The predicted molar refractivity (Wildman–Crippen MR) is 119 cm³/mol. The van der Waals surface area contributed by atoms with E-state index in [9.17, 15) is 13.2 Å². The summed E-state index contributed by atoms with van der Waals surface area (Å²) in [5, 5.41) is 0.285. The molecule has 7 nitrogen and oxygen atoms in total. The summed E-state index contributed by atoms with van der Waals surface area (Å²) in [4.78, 5) is 15.1. The highest BCUT2D eigenvalue weighted by molar-refractivity contribution is 7.89. The summed E-state index contributed by atoms with van der Waals surface area (Å²) in [5.41, 5.74) is 1.94. The monoisotopic (exact) mass is 464 g/mol. The molecule has 0 atom stereocenters. The molecular formula is C22H25ClN2O5S. The van der Waals surface area contributed by atoms with Crippen molar-refractivity contribution < 1.29 is 22.7 Å². The van der Waals surface area contributed by atoms with E-state index in [1.54, 1.807) is 39.5 Å². The number of amides is 1. The number of carbonyl (C=O) groups excluding carboxylic acids is 1. The molecule has 2 aliphatic heterocycles. The number of rotatable bonds is 5. The van der Waals surface area contributed by atoms with Crippen LogP contribution in [0.25, 0.3) is 0 Å². The van der Waals surface area contributed by atoms with Crippen LogP contribution in [0.3, 0.4) is 0 Å². The van der Waals surface area contributed by atoms with Crippen molar-refractivity contribution >= 4 is 33.2 Å². The molecule has 0 radical (unpaired) electrons. The quantitative estimate of drug-likeness (QED) is 0.673. The van der Waals surface area contributed by atoms with E-state index in [1.807, 2.05) is 0 Å². The molecule has 1 saturated heterocycles. The third kappa shape index (κ3) is 4.00. The van der Waals surface area contributed by atoms with Crippen molar-refractivity contribution in [1.29, 1.82) is 0 Å². The standard InChI is InChI=1S/C22H25ClN2O5S/c1-29-20-14-16(13-18(23)21(20)30-2)22(26)25-11-8-15-12-17(6-7-19(15)25)31(27,28)24-9-4-3-5-10-24/h6-7,12-14H,3-5,8-11H2,1-2H3. The lowest BCUT2D eigenvalue weighted by atomic mass is 10.1. The Balaban J connectivity index is 1.62. The number of benzene rings is 2. The Morgan fingerprint density at radius 1 is 1.00 bits per heavy atom. The minimum atomic E-state index is -3.51. The van der Waals surface area contributed by atoms with Gasteiger partial charge in [0.15, 0.2) is 11.5 Å². The number of hydrogen-bond acceptors (Lipinski definition) is 5. The van der Waals surface area contributed by atoms with E-state index in [-0.39, 0.29) is 15.8 Å². The Kier molecular flexibility index (Phi) is 6.14. The molecule has 4 rings (SSSR count). The first-order valence-electron chi connectivity index (χ1n) is 10.2. The maximum Gasteiger partial charge on any atom is 0.258 e. The molecule has 2 aromatic rings. The van der Waals surface area contributed by atoms with E-state index in [0.29, 0.717) is 48.8 Å². The molecular weight excluding hydrogens is 440 g/mol. The van der Waals surface area contributed by atoms with Gasteiger partial charge in [0, 0.05) is 30.9 Å². The molecule has 166 valence electrons. The number of sulfonamides is 1. The second-order valence-electron chi connectivity index (χ2n) is 7.66. The fourth-order valence-corrected chi connectivity index (χ4v) is 6.06. The second-order valence-corrected chi connectivity index (χ2v) is 10.0. The first-order valence-corrected chi connectivity index (χ1v) is 12.0. The minimum Gasteiger partial charge on any atom is -0.493 e. The number of ether oxygens (including phenoxy) is 2. The number of carbonyl (C=O) groups is 1. The van der Waals surface area contributed by atoms with Gasteiger partial charge < -0.3 is 14.4 Å². The average molecular weight is 465 g/mol. The number of methoxy groups -OCH3 is 2. The van der Waals surface area contributed by atoms with Gasteiger partial charge >= 0.3 is 0 Å². The number of anilines is 1. The van der Waals surface area contributed by atoms with Gasteiger partial charge in [-0.15, -0.1) is 0 Å². The van der Waals surface area contributed by atoms with Gasteiger partial charge in [-0.25, -0.2) is 8.42 Å². The highest BCUT2D eigenvalue weighted by atomic mass is 35.5. The first-order chi connectivity index (χ1) is 14.9. The zero-order valence-corrected chi connectivity index (χ0v) is 19.1. The molecule has 31 heavy (non-hydrogen) atoms. The maximum atomic E-state index is 13.2. The summed E-state index contributed by atoms with van der Waals surface area (Å²) in [7, 11) is -0.546. The van der Waals surface area contributed by atoms with Crippen molar-refractivity contribution in [1.82, 2.24) is 4.31 Å². The molecule has 9 heteroatoms. The Labute approximate surface area is 187 Å². The van der Waals surface area contributed by atoms with Crippen LogP contribution < -0.4 is 14.4 Å². The Morgan fingerprint density at radius 3 is 2.42 bits per heavy atom. The molecule has 0 aromatic heterocycles. The molecule has 2 heterocycles. The lowest BCUT2D eigenvalue weighted by molar-refractivity contribution is 0.0989. The fraction of sp³-hybridized carbons (Fsp3) is 0.409. The molecule has 0 saturated carbocycles. The molecule has 1 fully saturated rings. The normalized spacial score (nSPS) is 16.8. The van der Waals surface area contributed by atoms with Gasteiger partial charge in [0.05, 0.1) is 24.1 Å². The van der Waals surface area contributed by atoms with Gasteiger partial charge in [0.2, 0.25) is 10.0 Å². The largest absolute Gasteiger partial charge is 0.493 e. The van der Waals surface area contributed by atoms with E-state index < -0.39 is 10.0 Å². The number of fused-ring (bicyclic) bond motifs is 1. The van der Waals surface area contributed by atoms with Crippen LogP contribution in [0, 0.1) is 0 Å². The predicted octanol–water partition coefficient (Wildman–Crippen LogP) is 3.73. The van der Waals surface area contributed by atoms with Crippen LogP contribution in [0.2, 0.25) is 5.02 Å². The summed E-state index contributed by atoms with van der Waals surface area (Å²) in [6.07, 6.45) is 3.43. The topological polar surface area (TPSA) is 76.2 Å². The molecule has 0 N–H and O–H groups in total. The number of nitrogens with zero attached hydrogens (tertiary/aromatic N) is 2. The fourth-order valence-electron chi connectivity index (χ4n) is 4.20. The smallest absolute Gasteiger partial charge is 0.258 e. The second kappa shape index (κ2) is 8.68. The highest BCUT2D eigenvalue weighted by Gasteiger charge is 2.31. The van der Waals surface area contributed by atoms with Crippen LogP contribution >= 0.6 is 11.6 Å². The van der Waals surface area contributed by atoms with E-state index in [0.717, 1.165) is 24.8 Å². The Hall–Kier alpha value is -2.29. The molecule has 2 aliphatic rings. The lowest BCUT2D eigenvalue weighted by Crippen LogP contribution is -2.35. The molecule has 0 aliphatic carbocycles. The summed E-state index contributed by atoms with van der Waals surface area (Å²) in [6.45, 7) is 1.58. The van der Waals surface area contributed by atoms with Crippen LogP contribution in [-0.4, -0.2) is 52.5 Å². The number of hydrogen-bond donors (Lipinski definition) is 0. The van der Waals surface area contributed by atoms with E-state index >= 15 is 0 Å². The van der Waals surface area contributed by atoms with Crippen LogP contribution in [-0.2, 0) is 16.4 Å². The maximum absolute atomic E-state index is 13.2. The van der Waals surface area contributed by atoms with Crippen LogP contribution in [0.1, 0.15) is 35.2 Å². The average Bonchev–Trinajstić information content (AvgIpc) is 3.21.